The van der Waals surface area contributed by atoms with Crippen LogP contribution >= 0.6 is 11.6 Å². The molecule has 2 aromatic heterocycles. The number of anilines is 4. The van der Waals surface area contributed by atoms with Crippen molar-refractivity contribution in [3.05, 3.63) is 65.6 Å². The maximum Gasteiger partial charge on any atom is 0.229 e. The number of rotatable bonds is 6. The van der Waals surface area contributed by atoms with E-state index in [2.05, 4.69) is 55.8 Å². The van der Waals surface area contributed by atoms with Crippen molar-refractivity contribution in [3.63, 3.8) is 0 Å². The van der Waals surface area contributed by atoms with Crippen molar-refractivity contribution in [2.75, 3.05) is 28.6 Å². The quantitative estimate of drug-likeness (QED) is 0.413. The molecule has 1 saturated carbocycles. The predicted octanol–water partition coefficient (Wildman–Crippen LogP) is 6.40. The van der Waals surface area contributed by atoms with Gasteiger partial charge in [0.05, 0.1) is 0 Å². The minimum Gasteiger partial charge on any atom is -0.371 e. The van der Waals surface area contributed by atoms with Crippen molar-refractivity contribution < 1.29 is 0 Å². The number of hydrogen-bond donors (Lipinski definition) is 2. The van der Waals surface area contributed by atoms with E-state index in [1.165, 1.54) is 43.4 Å². The third-order valence-electron chi connectivity index (χ3n) is 6.80. The summed E-state index contributed by atoms with van der Waals surface area (Å²) in [4.78, 5) is 16.1. The van der Waals surface area contributed by atoms with Gasteiger partial charge in [0, 0.05) is 48.5 Å². The fourth-order valence-electron chi connectivity index (χ4n) is 5.00. The van der Waals surface area contributed by atoms with E-state index in [0.717, 1.165) is 37.4 Å². The maximum absolute atomic E-state index is 6.05. The van der Waals surface area contributed by atoms with Crippen molar-refractivity contribution in [1.29, 1.82) is 0 Å². The van der Waals surface area contributed by atoms with Gasteiger partial charge in [0.2, 0.25) is 5.95 Å². The van der Waals surface area contributed by atoms with Crippen LogP contribution in [0.15, 0.2) is 54.9 Å². The number of hydrogen-bond acceptors (Lipinski definition) is 6. The Balaban J connectivity index is 1.35. The minimum atomic E-state index is 0.447. The van der Waals surface area contributed by atoms with Gasteiger partial charge in [-0.2, -0.15) is 4.98 Å². The summed E-state index contributed by atoms with van der Waals surface area (Å²) in [6.45, 7) is 2.10. The van der Waals surface area contributed by atoms with Gasteiger partial charge in [0.1, 0.15) is 11.0 Å². The summed E-state index contributed by atoms with van der Waals surface area (Å²) >= 11 is 6.05. The summed E-state index contributed by atoms with van der Waals surface area (Å²) in [6.07, 6.45) is 12.2. The topological polar surface area (TPSA) is 66.0 Å². The van der Waals surface area contributed by atoms with Crippen molar-refractivity contribution in [1.82, 2.24) is 15.0 Å². The number of halogens is 1. The first-order chi connectivity index (χ1) is 16.2. The third kappa shape index (κ3) is 5.56. The Morgan fingerprint density at radius 2 is 1.70 bits per heavy atom. The Hall–Kier alpha value is -2.86. The predicted molar refractivity (Wildman–Crippen MR) is 136 cm³/mol. The third-order valence-corrected chi connectivity index (χ3v) is 7.01. The highest BCUT2D eigenvalue weighted by molar-refractivity contribution is 6.29. The lowest BCUT2D eigenvalue weighted by molar-refractivity contribution is 0.459. The number of benzene rings is 1. The first-order valence-electron chi connectivity index (χ1n) is 12.1. The van der Waals surface area contributed by atoms with E-state index in [1.54, 1.807) is 12.3 Å². The highest BCUT2D eigenvalue weighted by Crippen LogP contribution is 2.35. The van der Waals surface area contributed by atoms with E-state index in [4.69, 9.17) is 16.6 Å². The van der Waals surface area contributed by atoms with Crippen molar-refractivity contribution in [2.45, 2.75) is 56.9 Å². The van der Waals surface area contributed by atoms with Gasteiger partial charge in [0.25, 0.3) is 0 Å². The number of aromatic nitrogens is 3. The molecule has 1 aromatic carbocycles. The molecule has 0 unspecified atom stereocenters. The fourth-order valence-corrected chi connectivity index (χ4v) is 5.18. The smallest absolute Gasteiger partial charge is 0.229 e. The average molecular weight is 463 g/mol. The highest BCUT2D eigenvalue weighted by atomic mass is 35.5. The molecule has 5 rings (SSSR count). The van der Waals surface area contributed by atoms with Gasteiger partial charge in [0.15, 0.2) is 0 Å². The molecule has 172 valence electrons. The number of pyridine rings is 1. The summed E-state index contributed by atoms with van der Waals surface area (Å²) in [5.74, 6) is 2.03. The minimum absolute atomic E-state index is 0.447. The van der Waals surface area contributed by atoms with Crippen LogP contribution in [0.3, 0.4) is 0 Å². The van der Waals surface area contributed by atoms with Gasteiger partial charge in [-0.05, 0) is 55.9 Å². The molecule has 1 aliphatic carbocycles. The van der Waals surface area contributed by atoms with Gasteiger partial charge < -0.3 is 15.5 Å². The fraction of sp³-hybridized carbons (Fsp3) is 0.423. The monoisotopic (exact) mass is 462 g/mol. The number of piperidine rings is 1. The lowest BCUT2D eigenvalue weighted by atomic mass is 9.89. The van der Waals surface area contributed by atoms with Crippen molar-refractivity contribution in [3.8, 4) is 0 Å². The molecule has 0 spiro atoms. The Morgan fingerprint density at radius 3 is 2.45 bits per heavy atom. The second kappa shape index (κ2) is 10.4. The summed E-state index contributed by atoms with van der Waals surface area (Å²) < 4.78 is 0. The molecule has 33 heavy (non-hydrogen) atoms. The van der Waals surface area contributed by atoms with Crippen LogP contribution in [0.1, 0.15) is 56.4 Å². The molecular formula is C26H31ClN6. The Bertz CT molecular complexity index is 1050. The van der Waals surface area contributed by atoms with E-state index in [1.807, 2.05) is 12.3 Å². The zero-order valence-electron chi connectivity index (χ0n) is 18.9. The normalized spacial score (nSPS) is 17.7. The lowest BCUT2D eigenvalue weighted by Crippen LogP contribution is -2.33. The summed E-state index contributed by atoms with van der Waals surface area (Å²) in [5.41, 5.74) is 3.39. The molecule has 3 aromatic rings. The number of nitrogens with zero attached hydrogens (tertiary/aromatic N) is 4. The van der Waals surface area contributed by atoms with Crippen molar-refractivity contribution >= 4 is 34.7 Å². The van der Waals surface area contributed by atoms with E-state index in [-0.39, 0.29) is 0 Å². The molecule has 0 amide bonds. The van der Waals surface area contributed by atoms with E-state index >= 15 is 0 Å². The maximum atomic E-state index is 6.05. The molecule has 0 radical (unpaired) electrons. The van der Waals surface area contributed by atoms with Crippen LogP contribution in [0.4, 0.5) is 23.1 Å². The average Bonchev–Trinajstić information content (AvgIpc) is 2.86. The molecule has 1 aliphatic heterocycles. The SMILES string of the molecule is Clc1cc(Nc2ncc(C3CCN(c4ccccc4)CC3)c(NC3CCCCC3)n2)ccn1. The van der Waals surface area contributed by atoms with E-state index < -0.39 is 0 Å². The second-order valence-electron chi connectivity index (χ2n) is 9.07. The molecule has 2 fully saturated rings. The van der Waals surface area contributed by atoms with E-state index in [0.29, 0.717) is 23.1 Å². The molecule has 1 saturated heterocycles. The van der Waals surface area contributed by atoms with Crippen LogP contribution in [-0.2, 0) is 0 Å². The summed E-state index contributed by atoms with van der Waals surface area (Å²) in [5, 5.41) is 7.52. The molecule has 3 heterocycles. The largest absolute Gasteiger partial charge is 0.371 e. The van der Waals surface area contributed by atoms with Crippen LogP contribution in [0.5, 0.6) is 0 Å². The molecule has 2 N–H and O–H groups in total. The van der Waals surface area contributed by atoms with Gasteiger partial charge in [-0.25, -0.2) is 9.97 Å². The molecule has 0 atom stereocenters. The van der Waals surface area contributed by atoms with Crippen LogP contribution in [0.25, 0.3) is 0 Å². The molecule has 0 bridgehead atoms. The molecular weight excluding hydrogens is 432 g/mol. The Kier molecular flexibility index (Phi) is 6.91. The van der Waals surface area contributed by atoms with Crippen LogP contribution in [-0.4, -0.2) is 34.1 Å². The summed E-state index contributed by atoms with van der Waals surface area (Å²) in [6, 6.07) is 14.8. The lowest BCUT2D eigenvalue weighted by Gasteiger charge is -2.34. The first-order valence-corrected chi connectivity index (χ1v) is 12.4. The summed E-state index contributed by atoms with van der Waals surface area (Å²) in [7, 11) is 0. The van der Waals surface area contributed by atoms with Crippen LogP contribution in [0, 0.1) is 0 Å². The van der Waals surface area contributed by atoms with Gasteiger partial charge in [-0.1, -0.05) is 49.1 Å². The highest BCUT2D eigenvalue weighted by Gasteiger charge is 2.25. The number of nitrogens with one attached hydrogen (secondary N) is 2. The molecule has 2 aliphatic rings. The standard InChI is InChI=1S/C26H31ClN6/c27-24-17-21(11-14-28-24)31-26-29-18-23(25(32-26)30-20-7-3-1-4-8-20)19-12-15-33(16-13-19)22-9-5-2-6-10-22/h2,5-6,9-11,14,17-20H,1,3-4,7-8,12-13,15-16H2,(H2,28,29,30,31,32). The number of para-hydroxylation sites is 1. The Morgan fingerprint density at radius 1 is 0.909 bits per heavy atom. The van der Waals surface area contributed by atoms with E-state index in [9.17, 15) is 0 Å². The molecule has 7 heteroatoms. The zero-order chi connectivity index (χ0) is 22.5. The van der Waals surface area contributed by atoms with Gasteiger partial charge >= 0.3 is 0 Å². The van der Waals surface area contributed by atoms with Crippen LogP contribution in [0.2, 0.25) is 5.15 Å². The second-order valence-corrected chi connectivity index (χ2v) is 9.45. The van der Waals surface area contributed by atoms with Crippen LogP contribution < -0.4 is 15.5 Å². The van der Waals surface area contributed by atoms with Gasteiger partial charge in [-0.3, -0.25) is 0 Å². The van der Waals surface area contributed by atoms with Crippen molar-refractivity contribution in [2.24, 2.45) is 0 Å². The molecule has 6 nitrogen and oxygen atoms in total. The van der Waals surface area contributed by atoms with Gasteiger partial charge in [-0.15, -0.1) is 0 Å². The zero-order valence-corrected chi connectivity index (χ0v) is 19.6. The Labute approximate surface area is 200 Å². The first kappa shape index (κ1) is 22.0.